The third-order valence-electron chi connectivity index (χ3n) is 3.20. The Balaban J connectivity index is 2.20. The third kappa shape index (κ3) is 2.60. The molecule has 0 atom stereocenters. The number of anilines is 2. The average Bonchev–Trinajstić information content (AvgIpc) is 2.90. The summed E-state index contributed by atoms with van der Waals surface area (Å²) in [7, 11) is 0. The highest BCUT2D eigenvalue weighted by atomic mass is 32.2. The number of thiophene rings is 1. The van der Waals surface area contributed by atoms with E-state index in [1.165, 1.54) is 24.2 Å². The first-order valence-corrected chi connectivity index (χ1v) is 7.72. The summed E-state index contributed by atoms with van der Waals surface area (Å²) in [6, 6.07) is 0. The molecule has 3 nitrogen and oxygen atoms in total. The second kappa shape index (κ2) is 4.53. The van der Waals surface area contributed by atoms with Gasteiger partial charge >= 0.3 is 0 Å². The Bertz CT molecular complexity index is 450. The van der Waals surface area contributed by atoms with Gasteiger partial charge in [0.25, 0.3) is 0 Å². The van der Waals surface area contributed by atoms with Gasteiger partial charge in [-0.15, -0.1) is 23.1 Å². The normalized spacial score (nSPS) is 16.9. The lowest BCUT2D eigenvalue weighted by Gasteiger charge is -2.10. The molecule has 0 saturated heterocycles. The van der Waals surface area contributed by atoms with E-state index in [1.54, 1.807) is 18.7 Å². The van der Waals surface area contributed by atoms with Gasteiger partial charge in [-0.2, -0.15) is 0 Å². The van der Waals surface area contributed by atoms with Gasteiger partial charge in [0, 0.05) is 13.5 Å². The molecule has 3 N–H and O–H groups in total. The van der Waals surface area contributed by atoms with Crippen LogP contribution in [0, 0.1) is 5.41 Å². The van der Waals surface area contributed by atoms with E-state index in [0.717, 1.165) is 16.4 Å². The molecule has 1 aromatic rings. The van der Waals surface area contributed by atoms with E-state index in [1.807, 2.05) is 6.26 Å². The molecule has 2 rings (SSSR count). The molecule has 1 aromatic heterocycles. The molecule has 0 spiro atoms. The van der Waals surface area contributed by atoms with Crippen LogP contribution in [0.15, 0.2) is 4.90 Å². The first-order chi connectivity index (χ1) is 7.97. The number of Topliss-reactive ketones (excluding diaryl/α,β-unsaturated/α-hetero) is 1. The number of nitrogens with one attached hydrogen (secondary N) is 1. The van der Waals surface area contributed by atoms with Crippen LogP contribution in [0.1, 0.15) is 36.4 Å². The van der Waals surface area contributed by atoms with Crippen molar-refractivity contribution >= 4 is 39.6 Å². The van der Waals surface area contributed by atoms with E-state index in [9.17, 15) is 4.79 Å². The number of nitrogen functional groups attached to an aromatic ring is 1. The predicted octanol–water partition coefficient (Wildman–Crippen LogP) is 3.47. The third-order valence-corrected chi connectivity index (χ3v) is 5.43. The zero-order valence-corrected chi connectivity index (χ0v) is 12.1. The van der Waals surface area contributed by atoms with Gasteiger partial charge in [-0.1, -0.05) is 6.92 Å². The summed E-state index contributed by atoms with van der Waals surface area (Å²) in [5.74, 6) is 0.0495. The maximum Gasteiger partial charge on any atom is 0.171 e. The number of nitrogens with two attached hydrogens (primary N) is 1. The summed E-state index contributed by atoms with van der Waals surface area (Å²) in [5, 5.41) is 4.50. The number of rotatable bonds is 5. The molecule has 0 unspecified atom stereocenters. The van der Waals surface area contributed by atoms with Gasteiger partial charge in [-0.05, 0) is 24.5 Å². The molecular formula is C12H18N2OS2. The molecule has 17 heavy (non-hydrogen) atoms. The quantitative estimate of drug-likeness (QED) is 0.635. The molecule has 1 heterocycles. The van der Waals surface area contributed by atoms with Gasteiger partial charge in [0.1, 0.15) is 5.00 Å². The SMILES string of the molecule is CSc1c(NCC2(C)CC2)sc(C(C)=O)c1N. The lowest BCUT2D eigenvalue weighted by molar-refractivity contribution is 0.102. The van der Waals surface area contributed by atoms with Crippen LogP contribution in [0.3, 0.4) is 0 Å². The first-order valence-electron chi connectivity index (χ1n) is 5.68. The molecule has 0 aliphatic heterocycles. The standard InChI is InChI=1S/C12H18N2OS2/c1-7(15)9-8(13)10(16-3)11(17-9)14-6-12(2)4-5-12/h14H,4-6,13H2,1-3H3. The van der Waals surface area contributed by atoms with E-state index >= 15 is 0 Å². The van der Waals surface area contributed by atoms with Crippen LogP contribution in [0.25, 0.3) is 0 Å². The fraction of sp³-hybridized carbons (Fsp3) is 0.583. The summed E-state index contributed by atoms with van der Waals surface area (Å²) in [6.07, 6.45) is 4.57. The highest BCUT2D eigenvalue weighted by molar-refractivity contribution is 7.99. The zero-order valence-electron chi connectivity index (χ0n) is 10.4. The molecule has 1 aliphatic carbocycles. The van der Waals surface area contributed by atoms with Crippen molar-refractivity contribution in [1.82, 2.24) is 0 Å². The van der Waals surface area contributed by atoms with Crippen LogP contribution in [-0.2, 0) is 0 Å². The van der Waals surface area contributed by atoms with E-state index in [-0.39, 0.29) is 5.78 Å². The fourth-order valence-corrected chi connectivity index (χ4v) is 3.62. The van der Waals surface area contributed by atoms with E-state index in [0.29, 0.717) is 16.0 Å². The van der Waals surface area contributed by atoms with Crippen molar-refractivity contribution in [2.75, 3.05) is 23.9 Å². The number of ketones is 1. The van der Waals surface area contributed by atoms with Gasteiger partial charge in [0.05, 0.1) is 15.5 Å². The van der Waals surface area contributed by atoms with Gasteiger partial charge in [0.15, 0.2) is 5.78 Å². The Kier molecular flexibility index (Phi) is 3.41. The monoisotopic (exact) mass is 270 g/mol. The maximum absolute atomic E-state index is 11.5. The lowest BCUT2D eigenvalue weighted by atomic mass is 10.1. The number of carbonyl (C=O) groups is 1. The van der Waals surface area contributed by atoms with Crippen LogP contribution < -0.4 is 11.1 Å². The maximum atomic E-state index is 11.5. The Labute approximate surface area is 110 Å². The second-order valence-electron chi connectivity index (χ2n) is 4.93. The van der Waals surface area contributed by atoms with Crippen molar-refractivity contribution in [2.24, 2.45) is 5.41 Å². The highest BCUT2D eigenvalue weighted by Crippen LogP contribution is 2.47. The Hall–Kier alpha value is -0.680. The van der Waals surface area contributed by atoms with Crippen LogP contribution in [0.5, 0.6) is 0 Å². The molecule has 94 valence electrons. The van der Waals surface area contributed by atoms with Crippen molar-refractivity contribution in [3.8, 4) is 0 Å². The molecule has 0 radical (unpaired) electrons. The lowest BCUT2D eigenvalue weighted by Crippen LogP contribution is -2.11. The Morgan fingerprint density at radius 1 is 1.59 bits per heavy atom. The number of hydrogen-bond acceptors (Lipinski definition) is 5. The minimum Gasteiger partial charge on any atom is -0.396 e. The van der Waals surface area contributed by atoms with Crippen molar-refractivity contribution in [2.45, 2.75) is 31.6 Å². The minimum atomic E-state index is 0.0495. The smallest absolute Gasteiger partial charge is 0.171 e. The second-order valence-corrected chi connectivity index (χ2v) is 6.76. The van der Waals surface area contributed by atoms with Crippen molar-refractivity contribution in [3.05, 3.63) is 4.88 Å². The van der Waals surface area contributed by atoms with E-state index in [2.05, 4.69) is 12.2 Å². The average molecular weight is 270 g/mol. The largest absolute Gasteiger partial charge is 0.396 e. The summed E-state index contributed by atoms with van der Waals surface area (Å²) in [5.41, 5.74) is 7.09. The molecule has 5 heteroatoms. The predicted molar refractivity (Wildman–Crippen MR) is 76.3 cm³/mol. The van der Waals surface area contributed by atoms with Crippen LogP contribution in [-0.4, -0.2) is 18.6 Å². The van der Waals surface area contributed by atoms with E-state index in [4.69, 9.17) is 5.73 Å². The number of thioether (sulfide) groups is 1. The molecule has 0 bridgehead atoms. The molecule has 1 fully saturated rings. The van der Waals surface area contributed by atoms with Gasteiger partial charge in [-0.3, -0.25) is 4.79 Å². The number of carbonyl (C=O) groups excluding carboxylic acids is 1. The van der Waals surface area contributed by atoms with Gasteiger partial charge in [0.2, 0.25) is 0 Å². The molecule has 0 amide bonds. The fourth-order valence-electron chi connectivity index (χ4n) is 1.69. The van der Waals surface area contributed by atoms with Crippen molar-refractivity contribution < 1.29 is 4.79 Å². The van der Waals surface area contributed by atoms with Crippen molar-refractivity contribution in [1.29, 1.82) is 0 Å². The molecule has 1 aliphatic rings. The van der Waals surface area contributed by atoms with Gasteiger partial charge in [-0.25, -0.2) is 0 Å². The summed E-state index contributed by atoms with van der Waals surface area (Å²) in [4.78, 5) is 13.2. The number of hydrogen-bond donors (Lipinski definition) is 2. The molecule has 0 aromatic carbocycles. The summed E-state index contributed by atoms with van der Waals surface area (Å²) < 4.78 is 0. The van der Waals surface area contributed by atoms with Crippen LogP contribution in [0.4, 0.5) is 10.7 Å². The topological polar surface area (TPSA) is 55.1 Å². The zero-order chi connectivity index (χ0) is 12.6. The van der Waals surface area contributed by atoms with Gasteiger partial charge < -0.3 is 11.1 Å². The molecule has 1 saturated carbocycles. The minimum absolute atomic E-state index is 0.0495. The Morgan fingerprint density at radius 3 is 2.71 bits per heavy atom. The van der Waals surface area contributed by atoms with Crippen molar-refractivity contribution in [3.63, 3.8) is 0 Å². The van der Waals surface area contributed by atoms with Crippen LogP contribution in [0.2, 0.25) is 0 Å². The Morgan fingerprint density at radius 2 is 2.24 bits per heavy atom. The summed E-state index contributed by atoms with van der Waals surface area (Å²) >= 11 is 3.08. The summed E-state index contributed by atoms with van der Waals surface area (Å²) in [6.45, 7) is 4.82. The van der Waals surface area contributed by atoms with Crippen LogP contribution >= 0.6 is 23.1 Å². The molecular weight excluding hydrogens is 252 g/mol. The first kappa shape index (κ1) is 12.8. The van der Waals surface area contributed by atoms with E-state index < -0.39 is 0 Å². The highest BCUT2D eigenvalue weighted by Gasteiger charge is 2.37.